The molecule has 0 unspecified atom stereocenters. The number of ether oxygens (including phenoxy) is 1. The molecule has 0 saturated heterocycles. The van der Waals surface area contributed by atoms with Crippen molar-refractivity contribution in [3.8, 4) is 5.88 Å². The third-order valence-electron chi connectivity index (χ3n) is 2.59. The van der Waals surface area contributed by atoms with E-state index in [0.29, 0.717) is 18.2 Å². The van der Waals surface area contributed by atoms with Crippen LogP contribution in [0.15, 0.2) is 36.5 Å². The van der Waals surface area contributed by atoms with Crippen molar-refractivity contribution in [3.05, 3.63) is 36.5 Å². The van der Waals surface area contributed by atoms with Crippen LogP contribution in [0.25, 0.3) is 0 Å². The van der Waals surface area contributed by atoms with Crippen LogP contribution in [0.4, 0.5) is 17.3 Å². The number of carbonyl (C=O) groups is 1. The lowest BCUT2D eigenvalue weighted by Crippen LogP contribution is -2.09. The molecule has 0 radical (unpaired) electrons. The molecular weight excluding hydrogens is 256 g/mol. The van der Waals surface area contributed by atoms with Crippen LogP contribution in [0, 0.1) is 0 Å². The Bertz CT molecular complexity index is 584. The monoisotopic (exact) mass is 272 g/mol. The fourth-order valence-corrected chi connectivity index (χ4v) is 1.53. The third-order valence-corrected chi connectivity index (χ3v) is 2.59. The molecule has 20 heavy (non-hydrogen) atoms. The van der Waals surface area contributed by atoms with Gasteiger partial charge >= 0.3 is 0 Å². The van der Waals surface area contributed by atoms with Gasteiger partial charge < -0.3 is 15.4 Å². The molecular formula is C14H16N4O2. The van der Waals surface area contributed by atoms with Crippen molar-refractivity contribution in [3.63, 3.8) is 0 Å². The summed E-state index contributed by atoms with van der Waals surface area (Å²) < 4.78 is 5.03. The van der Waals surface area contributed by atoms with Gasteiger partial charge in [0.25, 0.3) is 0 Å². The number of nitrogens with one attached hydrogen (secondary N) is 2. The molecule has 0 atom stereocenters. The van der Waals surface area contributed by atoms with Crippen molar-refractivity contribution in [1.29, 1.82) is 0 Å². The Labute approximate surface area is 117 Å². The Balaban J connectivity index is 2.04. The Morgan fingerprint density at radius 3 is 2.55 bits per heavy atom. The molecule has 2 N–H and O–H groups in total. The first-order chi connectivity index (χ1) is 9.71. The van der Waals surface area contributed by atoms with Gasteiger partial charge in [-0.3, -0.25) is 4.79 Å². The maximum atomic E-state index is 11.3. The van der Waals surface area contributed by atoms with Gasteiger partial charge in [-0.2, -0.15) is 4.98 Å². The summed E-state index contributed by atoms with van der Waals surface area (Å²) in [7, 11) is 1.55. The lowest BCUT2D eigenvalue weighted by Gasteiger charge is -2.07. The number of aromatic nitrogens is 2. The molecule has 1 heterocycles. The van der Waals surface area contributed by atoms with Gasteiger partial charge in [0.15, 0.2) is 0 Å². The van der Waals surface area contributed by atoms with E-state index in [2.05, 4.69) is 20.6 Å². The third kappa shape index (κ3) is 3.68. The van der Waals surface area contributed by atoms with Gasteiger partial charge in [0.2, 0.25) is 17.7 Å². The number of hydrogen-bond acceptors (Lipinski definition) is 5. The predicted octanol–water partition coefficient (Wildman–Crippen LogP) is 2.58. The van der Waals surface area contributed by atoms with E-state index in [9.17, 15) is 4.79 Å². The minimum atomic E-state index is -0.0122. The average Bonchev–Trinajstić information content (AvgIpc) is 2.49. The maximum absolute atomic E-state index is 11.3. The summed E-state index contributed by atoms with van der Waals surface area (Å²) in [6.07, 6.45) is 2.07. The van der Waals surface area contributed by atoms with Crippen LogP contribution < -0.4 is 15.4 Å². The Morgan fingerprint density at radius 1 is 1.20 bits per heavy atom. The van der Waals surface area contributed by atoms with Crippen molar-refractivity contribution >= 4 is 23.2 Å². The molecule has 2 aromatic rings. The van der Waals surface area contributed by atoms with Crippen LogP contribution in [0.1, 0.15) is 13.3 Å². The van der Waals surface area contributed by atoms with E-state index in [4.69, 9.17) is 4.74 Å². The zero-order valence-corrected chi connectivity index (χ0v) is 11.4. The van der Waals surface area contributed by atoms with E-state index in [1.807, 2.05) is 31.2 Å². The highest BCUT2D eigenvalue weighted by Gasteiger charge is 2.01. The number of amides is 1. The van der Waals surface area contributed by atoms with Crippen molar-refractivity contribution < 1.29 is 9.53 Å². The van der Waals surface area contributed by atoms with Crippen LogP contribution in [-0.4, -0.2) is 23.0 Å². The topological polar surface area (TPSA) is 76.1 Å². The van der Waals surface area contributed by atoms with E-state index in [0.717, 1.165) is 11.4 Å². The molecule has 0 aliphatic rings. The van der Waals surface area contributed by atoms with Gasteiger partial charge in [0.1, 0.15) is 0 Å². The van der Waals surface area contributed by atoms with Gasteiger partial charge in [-0.05, 0) is 24.3 Å². The maximum Gasteiger partial charge on any atom is 0.230 e. The molecule has 0 aliphatic carbocycles. The molecule has 0 aliphatic heterocycles. The molecule has 1 amide bonds. The first kappa shape index (κ1) is 13.8. The first-order valence-electron chi connectivity index (χ1n) is 6.25. The van der Waals surface area contributed by atoms with Crippen LogP contribution in [-0.2, 0) is 4.79 Å². The van der Waals surface area contributed by atoms with Crippen LogP contribution in [0.3, 0.4) is 0 Å². The van der Waals surface area contributed by atoms with Crippen LogP contribution in [0.5, 0.6) is 5.88 Å². The molecule has 0 saturated carbocycles. The Kier molecular flexibility index (Phi) is 4.49. The van der Waals surface area contributed by atoms with E-state index in [-0.39, 0.29) is 5.91 Å². The second kappa shape index (κ2) is 6.51. The van der Waals surface area contributed by atoms with Gasteiger partial charge in [-0.25, -0.2) is 4.98 Å². The van der Waals surface area contributed by atoms with Crippen LogP contribution >= 0.6 is 0 Å². The SMILES string of the molecule is CCC(=O)Nc1ccc(Nc2nccc(OC)n2)cc1. The fourth-order valence-electron chi connectivity index (χ4n) is 1.53. The number of anilines is 3. The summed E-state index contributed by atoms with van der Waals surface area (Å²) in [6.45, 7) is 1.81. The lowest BCUT2D eigenvalue weighted by molar-refractivity contribution is -0.115. The summed E-state index contributed by atoms with van der Waals surface area (Å²) in [5.41, 5.74) is 1.58. The molecule has 0 fully saturated rings. The zero-order chi connectivity index (χ0) is 14.4. The molecule has 6 heteroatoms. The summed E-state index contributed by atoms with van der Waals surface area (Å²) in [5.74, 6) is 0.936. The summed E-state index contributed by atoms with van der Waals surface area (Å²) in [6, 6.07) is 8.99. The highest BCUT2D eigenvalue weighted by molar-refractivity contribution is 5.90. The summed E-state index contributed by atoms with van der Waals surface area (Å²) >= 11 is 0. The Morgan fingerprint density at radius 2 is 1.90 bits per heavy atom. The zero-order valence-electron chi connectivity index (χ0n) is 11.4. The molecule has 0 bridgehead atoms. The molecule has 0 spiro atoms. The average molecular weight is 272 g/mol. The smallest absolute Gasteiger partial charge is 0.230 e. The second-order valence-corrected chi connectivity index (χ2v) is 4.03. The molecule has 2 rings (SSSR count). The molecule has 104 valence electrons. The summed E-state index contributed by atoms with van der Waals surface area (Å²) in [4.78, 5) is 19.5. The number of benzene rings is 1. The van der Waals surface area contributed by atoms with E-state index in [1.54, 1.807) is 19.4 Å². The van der Waals surface area contributed by atoms with E-state index < -0.39 is 0 Å². The lowest BCUT2D eigenvalue weighted by atomic mass is 10.2. The minimum absolute atomic E-state index is 0.0122. The summed E-state index contributed by atoms with van der Waals surface area (Å²) in [5, 5.41) is 5.84. The number of methoxy groups -OCH3 is 1. The number of nitrogens with zero attached hydrogens (tertiary/aromatic N) is 2. The van der Waals surface area contributed by atoms with Gasteiger partial charge in [-0.1, -0.05) is 6.92 Å². The predicted molar refractivity (Wildman–Crippen MR) is 77.2 cm³/mol. The first-order valence-corrected chi connectivity index (χ1v) is 6.25. The largest absolute Gasteiger partial charge is 0.481 e. The van der Waals surface area contributed by atoms with Crippen molar-refractivity contribution in [1.82, 2.24) is 9.97 Å². The van der Waals surface area contributed by atoms with Crippen LogP contribution in [0.2, 0.25) is 0 Å². The highest BCUT2D eigenvalue weighted by atomic mass is 16.5. The molecule has 1 aromatic carbocycles. The normalized spacial score (nSPS) is 9.90. The second-order valence-electron chi connectivity index (χ2n) is 4.03. The van der Waals surface area contributed by atoms with Gasteiger partial charge in [-0.15, -0.1) is 0 Å². The Hall–Kier alpha value is -2.63. The standard InChI is InChI=1S/C14H16N4O2/c1-3-12(19)16-10-4-6-11(7-5-10)17-14-15-9-8-13(18-14)20-2/h4-9H,3H2,1-2H3,(H,16,19)(H,15,17,18). The van der Waals surface area contributed by atoms with E-state index >= 15 is 0 Å². The minimum Gasteiger partial charge on any atom is -0.481 e. The van der Waals surface area contributed by atoms with Crippen molar-refractivity contribution in [2.45, 2.75) is 13.3 Å². The molecule has 6 nitrogen and oxygen atoms in total. The quantitative estimate of drug-likeness (QED) is 0.874. The number of hydrogen-bond donors (Lipinski definition) is 2. The van der Waals surface area contributed by atoms with Crippen molar-refractivity contribution in [2.24, 2.45) is 0 Å². The molecule has 1 aromatic heterocycles. The number of rotatable bonds is 5. The van der Waals surface area contributed by atoms with Gasteiger partial charge in [0.05, 0.1) is 7.11 Å². The van der Waals surface area contributed by atoms with Gasteiger partial charge in [0, 0.05) is 30.1 Å². The fraction of sp³-hybridized carbons (Fsp3) is 0.214. The van der Waals surface area contributed by atoms with E-state index in [1.165, 1.54) is 0 Å². The van der Waals surface area contributed by atoms with Crippen molar-refractivity contribution in [2.75, 3.05) is 17.7 Å². The number of carbonyl (C=O) groups excluding carboxylic acids is 1. The highest BCUT2D eigenvalue weighted by Crippen LogP contribution is 2.17.